The highest BCUT2D eigenvalue weighted by Gasteiger charge is 2.31. The van der Waals surface area contributed by atoms with Crippen molar-refractivity contribution in [1.82, 2.24) is 9.78 Å². The summed E-state index contributed by atoms with van der Waals surface area (Å²) in [5.74, 6) is 1.82. The van der Waals surface area contributed by atoms with Gasteiger partial charge in [0.25, 0.3) is 10.7 Å². The third-order valence-electron chi connectivity index (χ3n) is 4.97. The zero-order valence-corrected chi connectivity index (χ0v) is 16.9. The molecule has 3 aromatic rings. The topological polar surface area (TPSA) is 53.9 Å². The number of benzene rings is 1. The molecule has 2 atom stereocenters. The molecule has 1 unspecified atom stereocenters. The number of quaternary nitrogens is 1. The van der Waals surface area contributed by atoms with Gasteiger partial charge in [-0.15, -0.1) is 16.4 Å². The summed E-state index contributed by atoms with van der Waals surface area (Å²) in [6.45, 7) is 1.81. The average Bonchev–Trinajstić information content (AvgIpc) is 3.43. The summed E-state index contributed by atoms with van der Waals surface area (Å²) in [5, 5.41) is 6.77. The number of rotatable bonds is 6. The predicted octanol–water partition coefficient (Wildman–Crippen LogP) is 3.33. The second-order valence-corrected chi connectivity index (χ2v) is 7.84. The van der Waals surface area contributed by atoms with Gasteiger partial charge in [-0.2, -0.15) is 4.68 Å². The molecule has 0 amide bonds. The molecular weight excluding hydrogens is 382 g/mol. The normalized spacial score (nSPS) is 19.3. The van der Waals surface area contributed by atoms with E-state index < -0.39 is 0 Å². The van der Waals surface area contributed by atoms with Crippen LogP contribution in [0.25, 0.3) is 11.5 Å². The number of likely N-dealkylation sites (tertiary alicyclic amines) is 1. The Morgan fingerprint density at radius 1 is 1.33 bits per heavy atom. The minimum atomic E-state index is 0.382. The maximum atomic E-state index is 5.79. The van der Waals surface area contributed by atoms with Crippen molar-refractivity contribution in [3.8, 4) is 23.0 Å². The lowest BCUT2D eigenvalue weighted by Gasteiger charge is -2.19. The van der Waals surface area contributed by atoms with Crippen LogP contribution in [0.15, 0.2) is 40.1 Å². The number of ether oxygens (including phenoxy) is 2. The molecule has 8 heteroatoms. The molecule has 0 aliphatic carbocycles. The molecule has 4 rings (SSSR count). The lowest BCUT2D eigenvalue weighted by molar-refractivity contribution is -0.941. The van der Waals surface area contributed by atoms with Crippen molar-refractivity contribution in [2.75, 3.05) is 20.8 Å². The summed E-state index contributed by atoms with van der Waals surface area (Å²) in [6, 6.07) is 10.4. The van der Waals surface area contributed by atoms with Crippen LogP contribution in [0.3, 0.4) is 0 Å². The molecule has 1 saturated heterocycles. The zero-order valence-electron chi connectivity index (χ0n) is 15.3. The van der Waals surface area contributed by atoms with Gasteiger partial charge >= 0.3 is 0 Å². The number of hydrogen-bond acceptors (Lipinski definition) is 6. The van der Waals surface area contributed by atoms with Crippen LogP contribution in [0, 0.1) is 4.84 Å². The molecule has 1 aliphatic rings. The molecule has 0 radical (unpaired) electrons. The van der Waals surface area contributed by atoms with Crippen molar-refractivity contribution < 1.29 is 18.8 Å². The van der Waals surface area contributed by atoms with Crippen LogP contribution in [-0.2, 0) is 6.67 Å². The third-order valence-corrected chi connectivity index (χ3v) is 6.25. The van der Waals surface area contributed by atoms with E-state index in [1.807, 2.05) is 29.5 Å². The van der Waals surface area contributed by atoms with Crippen molar-refractivity contribution >= 4 is 23.6 Å². The molecule has 1 N–H and O–H groups in total. The van der Waals surface area contributed by atoms with Gasteiger partial charge in [0.1, 0.15) is 17.5 Å². The fourth-order valence-electron chi connectivity index (χ4n) is 3.62. The van der Waals surface area contributed by atoms with E-state index in [0.29, 0.717) is 34.9 Å². The predicted molar refractivity (Wildman–Crippen MR) is 106 cm³/mol. The molecule has 1 fully saturated rings. The number of hydrogen-bond donors (Lipinski definition) is 1. The summed E-state index contributed by atoms with van der Waals surface area (Å²) in [5.41, 5.74) is 0.759. The van der Waals surface area contributed by atoms with Gasteiger partial charge in [0, 0.05) is 18.9 Å². The minimum absolute atomic E-state index is 0.382. The van der Waals surface area contributed by atoms with Gasteiger partial charge in [-0.3, -0.25) is 0 Å². The first-order valence-corrected chi connectivity index (χ1v) is 10.2. The zero-order chi connectivity index (χ0) is 18.8. The van der Waals surface area contributed by atoms with Crippen molar-refractivity contribution in [3.05, 3.63) is 45.4 Å². The van der Waals surface area contributed by atoms with Gasteiger partial charge in [-0.1, -0.05) is 6.07 Å². The van der Waals surface area contributed by atoms with Crippen LogP contribution in [0.1, 0.15) is 23.8 Å². The maximum Gasteiger partial charge on any atom is 0.292 e. The molecule has 0 bridgehead atoms. The van der Waals surface area contributed by atoms with E-state index >= 15 is 0 Å². The van der Waals surface area contributed by atoms with E-state index in [1.54, 1.807) is 18.9 Å². The van der Waals surface area contributed by atoms with E-state index in [2.05, 4.69) is 22.6 Å². The minimum Gasteiger partial charge on any atom is -0.497 e. The van der Waals surface area contributed by atoms with Gasteiger partial charge < -0.3 is 18.8 Å². The largest absolute Gasteiger partial charge is 0.497 e. The van der Waals surface area contributed by atoms with Crippen LogP contribution in [0.2, 0.25) is 0 Å². The van der Waals surface area contributed by atoms with E-state index in [9.17, 15) is 0 Å². The van der Waals surface area contributed by atoms with E-state index in [-0.39, 0.29) is 0 Å². The highest BCUT2D eigenvalue weighted by molar-refractivity contribution is 7.71. The van der Waals surface area contributed by atoms with Crippen molar-refractivity contribution in [1.29, 1.82) is 0 Å². The van der Waals surface area contributed by atoms with Gasteiger partial charge in [0.05, 0.1) is 31.2 Å². The summed E-state index contributed by atoms with van der Waals surface area (Å²) in [6.07, 6.45) is 2.41. The first-order valence-electron chi connectivity index (χ1n) is 8.88. The molecule has 1 aromatic carbocycles. The second kappa shape index (κ2) is 7.84. The maximum absolute atomic E-state index is 5.79. The summed E-state index contributed by atoms with van der Waals surface area (Å²) >= 11 is 7.25. The van der Waals surface area contributed by atoms with Crippen molar-refractivity contribution in [2.24, 2.45) is 0 Å². The Kier molecular flexibility index (Phi) is 5.29. The highest BCUT2D eigenvalue weighted by atomic mass is 32.1. The van der Waals surface area contributed by atoms with Crippen LogP contribution >= 0.6 is 23.6 Å². The Hall–Kier alpha value is -2.16. The highest BCUT2D eigenvalue weighted by Crippen LogP contribution is 2.32. The fraction of sp³-hybridized carbons (Fsp3) is 0.368. The van der Waals surface area contributed by atoms with Crippen LogP contribution in [0.5, 0.6) is 11.5 Å². The van der Waals surface area contributed by atoms with Gasteiger partial charge in [-0.25, -0.2) is 0 Å². The first-order chi connectivity index (χ1) is 13.2. The third kappa shape index (κ3) is 3.65. The van der Waals surface area contributed by atoms with Gasteiger partial charge in [0.15, 0.2) is 6.67 Å². The molecule has 0 spiro atoms. The second-order valence-electron chi connectivity index (χ2n) is 6.52. The van der Waals surface area contributed by atoms with Crippen LogP contribution in [-0.4, -0.2) is 30.5 Å². The SMILES string of the molecule is COc1ccc(-c2nn(C[NH+]3CCC[C@@H]3c3cccs3)c(=S)o2)c(OC)c1. The standard InChI is InChI=1S/C19H21N3O3S2/c1-23-13-7-8-14(16(11-13)24-2)18-20-22(19(26)25-18)12-21-9-3-5-15(21)17-6-4-10-27-17/h4,6-8,10-11,15H,3,5,9,12H2,1-2H3/p+1/t15-/m1/s1. The van der Waals surface area contributed by atoms with Crippen LogP contribution < -0.4 is 14.4 Å². The summed E-state index contributed by atoms with van der Waals surface area (Å²) in [4.78, 5) is 3.27. The number of aromatic nitrogens is 2. The molecule has 3 heterocycles. The molecule has 2 aromatic heterocycles. The van der Waals surface area contributed by atoms with E-state index in [0.717, 1.165) is 12.1 Å². The lowest BCUT2D eigenvalue weighted by atomic mass is 10.2. The van der Waals surface area contributed by atoms with Crippen LogP contribution in [0.4, 0.5) is 0 Å². The molecular formula is C19H22N3O3S2+. The fourth-order valence-corrected chi connectivity index (χ4v) is 4.72. The quantitative estimate of drug-likeness (QED) is 0.639. The van der Waals surface area contributed by atoms with E-state index in [4.69, 9.17) is 26.1 Å². The number of nitrogens with one attached hydrogen (secondary N) is 1. The monoisotopic (exact) mass is 404 g/mol. The Balaban J connectivity index is 1.60. The van der Waals surface area contributed by atoms with Crippen molar-refractivity contribution in [3.63, 3.8) is 0 Å². The number of nitrogens with zero attached hydrogens (tertiary/aromatic N) is 2. The Labute approximate surface area is 166 Å². The number of methoxy groups -OCH3 is 2. The van der Waals surface area contributed by atoms with Crippen molar-refractivity contribution in [2.45, 2.75) is 25.6 Å². The molecule has 0 saturated carbocycles. The molecule has 1 aliphatic heterocycles. The molecule has 6 nitrogen and oxygen atoms in total. The smallest absolute Gasteiger partial charge is 0.292 e. The molecule has 142 valence electrons. The first kappa shape index (κ1) is 18.2. The van der Waals surface area contributed by atoms with Gasteiger partial charge in [-0.05, 0) is 35.8 Å². The average molecular weight is 405 g/mol. The lowest BCUT2D eigenvalue weighted by Crippen LogP contribution is -3.09. The van der Waals surface area contributed by atoms with E-state index in [1.165, 1.54) is 22.6 Å². The van der Waals surface area contributed by atoms with Gasteiger partial charge in [0.2, 0.25) is 0 Å². The molecule has 27 heavy (non-hydrogen) atoms. The Morgan fingerprint density at radius 3 is 2.96 bits per heavy atom. The summed E-state index contributed by atoms with van der Waals surface area (Å²) in [7, 11) is 3.24. The Bertz CT molecular complexity index is 965. The number of thiophene rings is 1. The Morgan fingerprint density at radius 2 is 2.22 bits per heavy atom. The summed E-state index contributed by atoms with van der Waals surface area (Å²) < 4.78 is 18.3.